The van der Waals surface area contributed by atoms with Crippen LogP contribution in [0.15, 0.2) is 249 Å². The summed E-state index contributed by atoms with van der Waals surface area (Å²) in [5, 5.41) is 2.51. The number of benzene rings is 10. The van der Waals surface area contributed by atoms with E-state index in [9.17, 15) is 0 Å². The van der Waals surface area contributed by atoms with E-state index in [4.69, 9.17) is 0 Å². The second-order valence-electron chi connectivity index (χ2n) is 17.0. The van der Waals surface area contributed by atoms with Crippen molar-refractivity contribution in [2.24, 2.45) is 0 Å². The van der Waals surface area contributed by atoms with Crippen LogP contribution in [-0.2, 0) is 5.41 Å². The highest BCUT2D eigenvalue weighted by atomic mass is 15.2. The Morgan fingerprint density at radius 3 is 1.16 bits per heavy atom. The van der Waals surface area contributed by atoms with Crippen molar-refractivity contribution in [2.45, 2.75) is 19.3 Å². The third kappa shape index (κ3) is 6.98. The van der Waals surface area contributed by atoms with Crippen LogP contribution in [0.4, 0.5) is 51.2 Å². The Morgan fingerprint density at radius 2 is 0.688 bits per heavy atom. The van der Waals surface area contributed by atoms with E-state index < -0.39 is 0 Å². The van der Waals surface area contributed by atoms with Gasteiger partial charge in [0.05, 0.1) is 17.1 Å². The standard InChI is InChI=1S/C61H47N3/c1-61(2)58-34-20-33-56(46-36-35-44-21-18-19-22-45(44)39-46)60(58)57-38-37-52(43-59(57)61)64(51-31-16-7-17-32-51)55-41-53(62(47-23-8-3-9-24-47)48-25-10-4-11-26-48)40-54(42-55)63(49-27-12-5-13-28-49)50-29-14-6-15-30-50/h3-43H,1-2H3. The molecule has 0 saturated carbocycles. The Bertz CT molecular complexity index is 3060. The van der Waals surface area contributed by atoms with Crippen molar-refractivity contribution < 1.29 is 0 Å². The maximum absolute atomic E-state index is 2.44. The van der Waals surface area contributed by atoms with Crippen molar-refractivity contribution >= 4 is 62.0 Å². The second-order valence-corrected chi connectivity index (χ2v) is 17.0. The van der Waals surface area contributed by atoms with Crippen LogP contribution in [0.1, 0.15) is 25.0 Å². The van der Waals surface area contributed by atoms with E-state index in [1.807, 2.05) is 0 Å². The van der Waals surface area contributed by atoms with Gasteiger partial charge < -0.3 is 14.7 Å². The number of hydrogen-bond donors (Lipinski definition) is 0. The van der Waals surface area contributed by atoms with Crippen molar-refractivity contribution in [3.63, 3.8) is 0 Å². The molecule has 0 heterocycles. The van der Waals surface area contributed by atoms with Gasteiger partial charge >= 0.3 is 0 Å². The zero-order valence-electron chi connectivity index (χ0n) is 36.0. The molecule has 11 rings (SSSR count). The quantitative estimate of drug-likeness (QED) is 0.136. The molecule has 1 aliphatic carbocycles. The molecule has 10 aromatic rings. The first-order chi connectivity index (χ1) is 31.5. The summed E-state index contributed by atoms with van der Waals surface area (Å²) in [6.45, 7) is 4.76. The van der Waals surface area contributed by atoms with Crippen molar-refractivity contribution in [2.75, 3.05) is 14.7 Å². The second kappa shape index (κ2) is 16.3. The van der Waals surface area contributed by atoms with Crippen LogP contribution in [0.5, 0.6) is 0 Å². The van der Waals surface area contributed by atoms with E-state index in [2.05, 4.69) is 277 Å². The Hall–Kier alpha value is -8.14. The molecular weight excluding hydrogens is 775 g/mol. The van der Waals surface area contributed by atoms with Crippen LogP contribution in [0.3, 0.4) is 0 Å². The lowest BCUT2D eigenvalue weighted by atomic mass is 9.81. The summed E-state index contributed by atoms with van der Waals surface area (Å²) in [6.07, 6.45) is 0. The summed E-state index contributed by atoms with van der Waals surface area (Å²) < 4.78 is 0. The monoisotopic (exact) mass is 821 g/mol. The largest absolute Gasteiger partial charge is 0.310 e. The molecule has 0 N–H and O–H groups in total. The molecule has 3 nitrogen and oxygen atoms in total. The number of para-hydroxylation sites is 5. The molecule has 306 valence electrons. The van der Waals surface area contributed by atoms with Gasteiger partial charge in [-0.1, -0.05) is 166 Å². The Labute approximate surface area is 376 Å². The fraction of sp³-hybridized carbons (Fsp3) is 0.0492. The Balaban J connectivity index is 1.14. The molecule has 0 fully saturated rings. The highest BCUT2D eigenvalue weighted by Gasteiger charge is 2.37. The molecular formula is C61H47N3. The smallest absolute Gasteiger partial charge is 0.0503 e. The van der Waals surface area contributed by atoms with Gasteiger partial charge in [-0.15, -0.1) is 0 Å². The SMILES string of the molecule is CC1(C)c2cc(N(c3ccccc3)c3cc(N(c4ccccc4)c4ccccc4)cc(N(c4ccccc4)c4ccccc4)c3)ccc2-c2c(-c3ccc4ccccc4c3)cccc21. The fourth-order valence-electron chi connectivity index (χ4n) is 9.71. The van der Waals surface area contributed by atoms with Crippen LogP contribution in [0.2, 0.25) is 0 Å². The van der Waals surface area contributed by atoms with E-state index in [1.165, 1.54) is 44.2 Å². The van der Waals surface area contributed by atoms with Gasteiger partial charge in [0.15, 0.2) is 0 Å². The number of nitrogens with zero attached hydrogens (tertiary/aromatic N) is 3. The lowest BCUT2D eigenvalue weighted by Gasteiger charge is -2.33. The van der Waals surface area contributed by atoms with Gasteiger partial charge in [0.1, 0.15) is 0 Å². The minimum Gasteiger partial charge on any atom is -0.310 e. The first-order valence-electron chi connectivity index (χ1n) is 22.1. The van der Waals surface area contributed by atoms with Crippen LogP contribution < -0.4 is 14.7 Å². The minimum atomic E-state index is -0.238. The summed E-state index contributed by atoms with van der Waals surface area (Å²) in [4.78, 5) is 7.15. The molecule has 0 spiro atoms. The number of hydrogen-bond acceptors (Lipinski definition) is 3. The molecule has 0 aromatic heterocycles. The average Bonchev–Trinajstić information content (AvgIpc) is 3.58. The van der Waals surface area contributed by atoms with Gasteiger partial charge in [-0.25, -0.2) is 0 Å². The summed E-state index contributed by atoms with van der Waals surface area (Å²) in [5.74, 6) is 0. The van der Waals surface area contributed by atoms with Crippen LogP contribution in [0, 0.1) is 0 Å². The lowest BCUT2D eigenvalue weighted by Crippen LogP contribution is -2.18. The van der Waals surface area contributed by atoms with Crippen molar-refractivity contribution in [3.05, 3.63) is 260 Å². The molecule has 10 aromatic carbocycles. The van der Waals surface area contributed by atoms with Crippen molar-refractivity contribution in [3.8, 4) is 22.3 Å². The molecule has 0 saturated heterocycles. The van der Waals surface area contributed by atoms with E-state index in [0.29, 0.717) is 0 Å². The normalized spacial score (nSPS) is 12.3. The van der Waals surface area contributed by atoms with E-state index in [1.54, 1.807) is 0 Å². The first kappa shape index (κ1) is 38.8. The molecule has 0 amide bonds. The predicted molar refractivity (Wildman–Crippen MR) is 271 cm³/mol. The molecule has 0 radical (unpaired) electrons. The molecule has 3 heteroatoms. The summed E-state index contributed by atoms with van der Waals surface area (Å²) in [5.41, 5.74) is 17.1. The third-order valence-electron chi connectivity index (χ3n) is 12.7. The van der Waals surface area contributed by atoms with Gasteiger partial charge in [-0.2, -0.15) is 0 Å². The zero-order valence-corrected chi connectivity index (χ0v) is 36.0. The maximum Gasteiger partial charge on any atom is 0.0503 e. The summed E-state index contributed by atoms with van der Waals surface area (Å²) in [6, 6.07) is 90.0. The van der Waals surface area contributed by atoms with Gasteiger partial charge in [0.2, 0.25) is 0 Å². The van der Waals surface area contributed by atoms with Crippen molar-refractivity contribution in [1.82, 2.24) is 0 Å². The minimum absolute atomic E-state index is 0.238. The molecule has 0 aliphatic heterocycles. The van der Waals surface area contributed by atoms with Gasteiger partial charge in [-0.05, 0) is 141 Å². The molecule has 0 unspecified atom stereocenters. The summed E-state index contributed by atoms with van der Waals surface area (Å²) in [7, 11) is 0. The van der Waals surface area contributed by atoms with Gasteiger partial charge in [0.25, 0.3) is 0 Å². The highest BCUT2D eigenvalue weighted by Crippen LogP contribution is 2.54. The molecule has 0 bridgehead atoms. The summed E-state index contributed by atoms with van der Waals surface area (Å²) >= 11 is 0. The number of anilines is 9. The van der Waals surface area contributed by atoms with E-state index in [-0.39, 0.29) is 5.41 Å². The van der Waals surface area contributed by atoms with Crippen LogP contribution in [-0.4, -0.2) is 0 Å². The predicted octanol–water partition coefficient (Wildman–Crippen LogP) is 17.2. The number of fused-ring (bicyclic) bond motifs is 4. The van der Waals surface area contributed by atoms with Gasteiger partial charge in [0, 0.05) is 39.5 Å². The van der Waals surface area contributed by atoms with Crippen LogP contribution in [0.25, 0.3) is 33.0 Å². The zero-order chi connectivity index (χ0) is 43.0. The van der Waals surface area contributed by atoms with E-state index in [0.717, 1.165) is 51.2 Å². The van der Waals surface area contributed by atoms with E-state index >= 15 is 0 Å². The lowest BCUT2D eigenvalue weighted by molar-refractivity contribution is 0.660. The fourth-order valence-corrected chi connectivity index (χ4v) is 9.71. The third-order valence-corrected chi connectivity index (χ3v) is 12.7. The average molecular weight is 822 g/mol. The van der Waals surface area contributed by atoms with Crippen molar-refractivity contribution in [1.29, 1.82) is 0 Å². The molecule has 0 atom stereocenters. The molecule has 1 aliphatic rings. The molecule has 64 heavy (non-hydrogen) atoms. The maximum atomic E-state index is 2.44. The Kier molecular flexibility index (Phi) is 9.86. The first-order valence-corrected chi connectivity index (χ1v) is 22.1. The number of rotatable bonds is 10. The van der Waals surface area contributed by atoms with Gasteiger partial charge in [-0.3, -0.25) is 0 Å². The highest BCUT2D eigenvalue weighted by molar-refractivity contribution is 5.97. The van der Waals surface area contributed by atoms with Crippen LogP contribution >= 0.6 is 0 Å². The Morgan fingerprint density at radius 1 is 0.266 bits per heavy atom. The topological polar surface area (TPSA) is 9.72 Å².